The van der Waals surface area contributed by atoms with Crippen molar-refractivity contribution in [3.8, 4) is 5.69 Å². The fraction of sp³-hybridized carbons (Fsp3) is 0.0625. The molecule has 31 heavy (non-hydrogen) atoms. The number of hydrogen-bond acceptors (Lipinski definition) is 7. The molecule has 0 spiro atoms. The zero-order valence-electron chi connectivity index (χ0n) is 15.3. The zero-order chi connectivity index (χ0) is 23.1. The third-order valence-electron chi connectivity index (χ3n) is 3.94. The Hall–Kier alpha value is -2.55. The van der Waals surface area contributed by atoms with E-state index in [9.17, 15) is 26.2 Å². The maximum atomic E-state index is 12.8. The lowest BCUT2D eigenvalue weighted by atomic mass is 10.3. The topological polar surface area (TPSA) is 171 Å². The SMILES string of the molecule is Cc1[nH]n(-c2cc(Cl)c(S(=O)(=O)O)cc2Cl)c(=O)c1N=Nc1cccc(S(=O)(=O)O)c1. The second-order valence-corrected chi connectivity index (χ2v) is 9.73. The number of aromatic amines is 1. The summed E-state index contributed by atoms with van der Waals surface area (Å²) in [4.78, 5) is 11.7. The predicted octanol–water partition coefficient (Wildman–Crippen LogP) is 3.69. The Morgan fingerprint density at radius 3 is 2.26 bits per heavy atom. The molecule has 11 nitrogen and oxygen atoms in total. The smallest absolute Gasteiger partial charge is 0.293 e. The van der Waals surface area contributed by atoms with Crippen molar-refractivity contribution in [1.29, 1.82) is 0 Å². The average Bonchev–Trinajstić information content (AvgIpc) is 2.94. The van der Waals surface area contributed by atoms with Gasteiger partial charge < -0.3 is 0 Å². The number of azo groups is 1. The van der Waals surface area contributed by atoms with Gasteiger partial charge >= 0.3 is 0 Å². The number of H-pyrrole nitrogens is 1. The van der Waals surface area contributed by atoms with Crippen LogP contribution < -0.4 is 5.56 Å². The first-order valence-corrected chi connectivity index (χ1v) is 11.7. The maximum Gasteiger partial charge on any atom is 0.299 e. The molecule has 164 valence electrons. The van der Waals surface area contributed by atoms with Crippen LogP contribution in [0, 0.1) is 6.92 Å². The number of aromatic nitrogens is 2. The lowest BCUT2D eigenvalue weighted by Gasteiger charge is -2.08. The van der Waals surface area contributed by atoms with Gasteiger partial charge in [0.1, 0.15) is 4.90 Å². The lowest BCUT2D eigenvalue weighted by Crippen LogP contribution is -2.15. The van der Waals surface area contributed by atoms with Gasteiger partial charge in [0.05, 0.1) is 32.0 Å². The molecule has 1 aromatic heterocycles. The van der Waals surface area contributed by atoms with Crippen molar-refractivity contribution in [3.05, 3.63) is 62.5 Å². The summed E-state index contributed by atoms with van der Waals surface area (Å²) in [6.45, 7) is 1.50. The van der Waals surface area contributed by atoms with Gasteiger partial charge in [-0.05, 0) is 37.3 Å². The molecule has 3 N–H and O–H groups in total. The number of nitrogens with zero attached hydrogens (tertiary/aromatic N) is 3. The Morgan fingerprint density at radius 1 is 0.968 bits per heavy atom. The Labute approximate surface area is 185 Å². The van der Waals surface area contributed by atoms with E-state index < -0.39 is 35.6 Å². The molecule has 3 rings (SSSR count). The summed E-state index contributed by atoms with van der Waals surface area (Å²) in [5.74, 6) is 0. The van der Waals surface area contributed by atoms with Crippen LogP contribution in [0.25, 0.3) is 5.69 Å². The second kappa shape index (κ2) is 8.18. The molecule has 0 aliphatic rings. The summed E-state index contributed by atoms with van der Waals surface area (Å²) >= 11 is 11.9. The van der Waals surface area contributed by atoms with E-state index in [2.05, 4.69) is 15.3 Å². The van der Waals surface area contributed by atoms with E-state index in [0.29, 0.717) is 0 Å². The maximum absolute atomic E-state index is 12.8. The van der Waals surface area contributed by atoms with E-state index in [1.165, 1.54) is 19.1 Å². The van der Waals surface area contributed by atoms with Crippen molar-refractivity contribution < 1.29 is 25.9 Å². The van der Waals surface area contributed by atoms with E-state index in [1.54, 1.807) is 0 Å². The van der Waals surface area contributed by atoms with E-state index in [-0.39, 0.29) is 32.8 Å². The normalized spacial score (nSPS) is 12.5. The summed E-state index contributed by atoms with van der Waals surface area (Å²) < 4.78 is 64.3. The number of halogens is 2. The molecule has 0 aliphatic heterocycles. The second-order valence-electron chi connectivity index (χ2n) is 6.11. The molecule has 15 heteroatoms. The molecule has 0 aliphatic carbocycles. The van der Waals surface area contributed by atoms with Crippen LogP contribution in [0.2, 0.25) is 10.0 Å². The molecule has 1 heterocycles. The van der Waals surface area contributed by atoms with Gasteiger partial charge in [0.25, 0.3) is 25.8 Å². The van der Waals surface area contributed by atoms with Crippen molar-refractivity contribution in [1.82, 2.24) is 9.78 Å². The van der Waals surface area contributed by atoms with Gasteiger partial charge in [-0.25, -0.2) is 4.68 Å². The first-order valence-electron chi connectivity index (χ1n) is 8.07. The minimum Gasteiger partial charge on any atom is -0.293 e. The third-order valence-corrected chi connectivity index (χ3v) is 6.41. The predicted molar refractivity (Wildman–Crippen MR) is 111 cm³/mol. The number of hydrogen-bond donors (Lipinski definition) is 3. The van der Waals surface area contributed by atoms with Gasteiger partial charge in [-0.3, -0.25) is 19.0 Å². The molecule has 0 fully saturated rings. The number of nitrogens with one attached hydrogen (secondary N) is 1. The Morgan fingerprint density at radius 2 is 1.65 bits per heavy atom. The highest BCUT2D eigenvalue weighted by Crippen LogP contribution is 2.31. The third kappa shape index (κ3) is 4.87. The molecular weight excluding hydrogens is 495 g/mol. The van der Waals surface area contributed by atoms with E-state index in [4.69, 9.17) is 27.8 Å². The van der Waals surface area contributed by atoms with Crippen molar-refractivity contribution in [2.75, 3.05) is 0 Å². The van der Waals surface area contributed by atoms with E-state index in [1.807, 2.05) is 0 Å². The monoisotopic (exact) mass is 506 g/mol. The molecule has 3 aromatic rings. The minimum absolute atomic E-state index is 0.0120. The molecule has 0 unspecified atom stereocenters. The van der Waals surface area contributed by atoms with Crippen LogP contribution in [-0.4, -0.2) is 35.7 Å². The van der Waals surface area contributed by atoms with Gasteiger partial charge in [-0.1, -0.05) is 29.3 Å². The van der Waals surface area contributed by atoms with Crippen molar-refractivity contribution in [2.24, 2.45) is 10.2 Å². The fourth-order valence-electron chi connectivity index (χ4n) is 2.53. The average molecular weight is 507 g/mol. The summed E-state index contributed by atoms with van der Waals surface area (Å²) in [5.41, 5.74) is -0.568. The van der Waals surface area contributed by atoms with Crippen LogP contribution in [0.4, 0.5) is 11.4 Å². The van der Waals surface area contributed by atoms with Crippen LogP contribution in [0.1, 0.15) is 5.69 Å². The van der Waals surface area contributed by atoms with Gasteiger partial charge in [0.15, 0.2) is 5.69 Å². The fourth-order valence-corrected chi connectivity index (χ4v) is 4.38. The number of benzene rings is 2. The Bertz CT molecular complexity index is 1490. The molecule has 0 amide bonds. The van der Waals surface area contributed by atoms with Crippen molar-refractivity contribution >= 4 is 54.8 Å². The van der Waals surface area contributed by atoms with Gasteiger partial charge in [0.2, 0.25) is 0 Å². The van der Waals surface area contributed by atoms with E-state index >= 15 is 0 Å². The standard InChI is InChI=1S/C16H12Cl2N4O7S2/c1-8-15(20-19-9-3-2-4-10(5-9)30(24,25)26)16(23)22(21-8)13-6-12(18)14(7-11(13)17)31(27,28)29/h2-7,21H,1H3,(H,24,25,26)(H,27,28,29). The highest BCUT2D eigenvalue weighted by molar-refractivity contribution is 7.86. The summed E-state index contributed by atoms with van der Waals surface area (Å²) in [6, 6.07) is 6.91. The van der Waals surface area contributed by atoms with Crippen LogP contribution in [-0.2, 0) is 20.2 Å². The zero-order valence-corrected chi connectivity index (χ0v) is 18.5. The van der Waals surface area contributed by atoms with Crippen molar-refractivity contribution in [3.63, 3.8) is 0 Å². The van der Waals surface area contributed by atoms with Gasteiger partial charge in [-0.15, -0.1) is 5.11 Å². The van der Waals surface area contributed by atoms with Crippen LogP contribution in [0.15, 0.2) is 61.2 Å². The van der Waals surface area contributed by atoms with Crippen LogP contribution in [0.5, 0.6) is 0 Å². The highest BCUT2D eigenvalue weighted by Gasteiger charge is 2.21. The van der Waals surface area contributed by atoms with Crippen LogP contribution in [0.3, 0.4) is 0 Å². The van der Waals surface area contributed by atoms with Crippen molar-refractivity contribution in [2.45, 2.75) is 16.7 Å². The quantitative estimate of drug-likeness (QED) is 0.349. The molecule has 2 aromatic carbocycles. The molecular formula is C16H12Cl2N4O7S2. The summed E-state index contributed by atoms with van der Waals surface area (Å²) in [5, 5.41) is 9.75. The van der Waals surface area contributed by atoms with Crippen LogP contribution >= 0.6 is 23.2 Å². The lowest BCUT2D eigenvalue weighted by molar-refractivity contribution is 0.481. The molecule has 0 bridgehead atoms. The number of rotatable bonds is 5. The van der Waals surface area contributed by atoms with Gasteiger partial charge in [0, 0.05) is 0 Å². The summed E-state index contributed by atoms with van der Waals surface area (Å²) in [7, 11) is -9.07. The highest BCUT2D eigenvalue weighted by atomic mass is 35.5. The number of aryl methyl sites for hydroxylation is 1. The Kier molecular flexibility index (Phi) is 6.10. The van der Waals surface area contributed by atoms with E-state index in [0.717, 1.165) is 28.9 Å². The first-order chi connectivity index (χ1) is 14.3. The Balaban J connectivity index is 2.06. The van der Waals surface area contributed by atoms with Gasteiger partial charge in [-0.2, -0.15) is 21.9 Å². The molecule has 0 radical (unpaired) electrons. The molecule has 0 saturated carbocycles. The molecule has 0 saturated heterocycles. The minimum atomic E-state index is -4.63. The first kappa shape index (κ1) is 23.1. The summed E-state index contributed by atoms with van der Waals surface area (Å²) in [6.07, 6.45) is 0. The molecule has 0 atom stereocenters. The largest absolute Gasteiger partial charge is 0.299 e.